The molecule has 0 aromatic heterocycles. The zero-order valence-electron chi connectivity index (χ0n) is 18.9. The first-order valence-electron chi connectivity index (χ1n) is 11.3. The quantitative estimate of drug-likeness (QED) is 0.416. The van der Waals surface area contributed by atoms with Crippen molar-refractivity contribution in [2.45, 2.75) is 5.41 Å². The number of nitro benzene ring substituents is 1. The molecular formula is C25H20N4O7. The van der Waals surface area contributed by atoms with E-state index in [-0.39, 0.29) is 43.8 Å². The average Bonchev–Trinajstić information content (AvgIpc) is 3.55. The molecule has 3 aromatic carbocycles. The minimum absolute atomic E-state index is 0.0833. The Morgan fingerprint density at radius 2 is 1.75 bits per heavy atom. The van der Waals surface area contributed by atoms with Crippen molar-refractivity contribution in [3.63, 3.8) is 0 Å². The zero-order chi connectivity index (χ0) is 24.9. The van der Waals surface area contributed by atoms with E-state index < -0.39 is 16.4 Å². The number of hydrogen-bond donors (Lipinski definition) is 2. The van der Waals surface area contributed by atoms with Crippen molar-refractivity contribution in [1.29, 1.82) is 0 Å². The van der Waals surface area contributed by atoms with E-state index in [4.69, 9.17) is 14.2 Å². The number of para-hydroxylation sites is 3. The van der Waals surface area contributed by atoms with Gasteiger partial charge in [0.25, 0.3) is 5.69 Å². The molecule has 3 aliphatic rings. The molecule has 1 unspecified atom stereocenters. The van der Waals surface area contributed by atoms with E-state index in [9.17, 15) is 19.7 Å². The molecule has 1 atom stereocenters. The van der Waals surface area contributed by atoms with Crippen LogP contribution >= 0.6 is 0 Å². The smallest absolute Gasteiger partial charge is 0.319 e. The van der Waals surface area contributed by atoms with Gasteiger partial charge >= 0.3 is 6.03 Å². The number of benzene rings is 3. The van der Waals surface area contributed by atoms with Crippen LogP contribution in [-0.2, 0) is 10.2 Å². The van der Waals surface area contributed by atoms with Gasteiger partial charge in [-0.2, -0.15) is 0 Å². The fraction of sp³-hybridized carbons (Fsp3) is 0.200. The Morgan fingerprint density at radius 3 is 2.58 bits per heavy atom. The molecule has 2 N–H and O–H groups in total. The van der Waals surface area contributed by atoms with Crippen LogP contribution in [0.5, 0.6) is 17.2 Å². The number of carbonyl (C=O) groups excluding carboxylic acids is 2. The maximum atomic E-state index is 13.9. The molecule has 0 radical (unpaired) electrons. The van der Waals surface area contributed by atoms with Crippen LogP contribution in [0.25, 0.3) is 0 Å². The van der Waals surface area contributed by atoms with Gasteiger partial charge in [-0.15, -0.1) is 0 Å². The second kappa shape index (κ2) is 8.15. The third-order valence-corrected chi connectivity index (χ3v) is 6.61. The highest BCUT2D eigenvalue weighted by Crippen LogP contribution is 2.54. The minimum Gasteiger partial charge on any atom is -0.491 e. The van der Waals surface area contributed by atoms with Gasteiger partial charge in [0, 0.05) is 36.5 Å². The number of anilines is 2. The molecule has 0 saturated carbocycles. The lowest BCUT2D eigenvalue weighted by Gasteiger charge is -2.23. The van der Waals surface area contributed by atoms with Gasteiger partial charge in [-0.05, 0) is 23.8 Å². The Labute approximate surface area is 204 Å². The second-order valence-corrected chi connectivity index (χ2v) is 8.52. The van der Waals surface area contributed by atoms with Crippen molar-refractivity contribution < 1.29 is 28.7 Å². The summed E-state index contributed by atoms with van der Waals surface area (Å²) in [5.74, 6) is 1.55. The van der Waals surface area contributed by atoms with E-state index in [2.05, 4.69) is 10.6 Å². The van der Waals surface area contributed by atoms with Crippen molar-refractivity contribution in [3.05, 3.63) is 81.9 Å². The summed E-state index contributed by atoms with van der Waals surface area (Å²) in [5.41, 5.74) is 1.11. The van der Waals surface area contributed by atoms with E-state index >= 15 is 0 Å². The second-order valence-electron chi connectivity index (χ2n) is 8.52. The summed E-state index contributed by atoms with van der Waals surface area (Å²) >= 11 is 0. The standard InChI is InChI=1S/C25H20N4O7/c30-23-25(13-34-20-12-22-21(11-16(20)25)35-14-36-22)15-5-1-3-7-18(15)28(23)10-9-26-24(31)27-17-6-2-4-8-19(17)29(32)33/h1-8,11-12H,9-10,13-14H2,(H2,26,27,31). The number of ether oxygens (including phenoxy) is 3. The van der Waals surface area contributed by atoms with Crippen LogP contribution in [-0.4, -0.2) is 43.4 Å². The fourth-order valence-corrected chi connectivity index (χ4v) is 4.97. The molecule has 1 spiro atoms. The number of rotatable bonds is 5. The minimum atomic E-state index is -1.03. The van der Waals surface area contributed by atoms with Crippen LogP contribution in [0.1, 0.15) is 11.1 Å². The third kappa shape index (κ3) is 3.20. The highest BCUT2D eigenvalue weighted by atomic mass is 16.7. The van der Waals surface area contributed by atoms with Crippen LogP contribution in [0, 0.1) is 10.1 Å². The lowest BCUT2D eigenvalue weighted by Crippen LogP contribution is -2.45. The first-order chi connectivity index (χ1) is 17.5. The molecule has 3 amide bonds. The van der Waals surface area contributed by atoms with Crippen molar-refractivity contribution in [2.24, 2.45) is 0 Å². The van der Waals surface area contributed by atoms with Gasteiger partial charge in [0.1, 0.15) is 23.5 Å². The third-order valence-electron chi connectivity index (χ3n) is 6.61. The zero-order valence-corrected chi connectivity index (χ0v) is 18.9. The Hall–Kier alpha value is -4.80. The normalized spacial score (nSPS) is 18.6. The van der Waals surface area contributed by atoms with Gasteiger partial charge < -0.3 is 29.7 Å². The van der Waals surface area contributed by atoms with Crippen molar-refractivity contribution in [1.82, 2.24) is 5.32 Å². The summed E-state index contributed by atoms with van der Waals surface area (Å²) in [4.78, 5) is 38.6. The molecule has 0 saturated heterocycles. The topological polar surface area (TPSA) is 132 Å². The number of amides is 3. The van der Waals surface area contributed by atoms with E-state index in [1.54, 1.807) is 23.1 Å². The van der Waals surface area contributed by atoms with Gasteiger partial charge in [0.15, 0.2) is 11.5 Å². The highest BCUT2D eigenvalue weighted by Gasteiger charge is 2.57. The van der Waals surface area contributed by atoms with E-state index in [1.807, 2.05) is 24.3 Å². The van der Waals surface area contributed by atoms with E-state index in [1.165, 1.54) is 18.2 Å². The molecule has 3 heterocycles. The van der Waals surface area contributed by atoms with Crippen LogP contribution in [0.2, 0.25) is 0 Å². The molecule has 182 valence electrons. The van der Waals surface area contributed by atoms with Crippen LogP contribution < -0.4 is 29.7 Å². The van der Waals surface area contributed by atoms with Crippen LogP contribution in [0.3, 0.4) is 0 Å². The molecule has 0 bridgehead atoms. The molecule has 0 fully saturated rings. The number of carbonyl (C=O) groups is 2. The largest absolute Gasteiger partial charge is 0.491 e. The van der Waals surface area contributed by atoms with Crippen LogP contribution in [0.4, 0.5) is 21.9 Å². The Bertz CT molecular complexity index is 1430. The number of nitrogens with one attached hydrogen (secondary N) is 2. The Balaban J connectivity index is 1.22. The van der Waals surface area contributed by atoms with E-state index in [0.717, 1.165) is 11.3 Å². The number of nitrogens with zero attached hydrogens (tertiary/aromatic N) is 2. The molecule has 11 nitrogen and oxygen atoms in total. The molecule has 0 aliphatic carbocycles. The van der Waals surface area contributed by atoms with Gasteiger partial charge in [0.05, 0.1) is 4.92 Å². The first kappa shape index (κ1) is 21.7. The predicted octanol–water partition coefficient (Wildman–Crippen LogP) is 3.17. The van der Waals surface area contributed by atoms with Crippen LogP contribution in [0.15, 0.2) is 60.7 Å². The van der Waals surface area contributed by atoms with Crippen molar-refractivity contribution >= 4 is 29.0 Å². The van der Waals surface area contributed by atoms with Gasteiger partial charge in [0.2, 0.25) is 12.7 Å². The summed E-state index contributed by atoms with van der Waals surface area (Å²) in [6, 6.07) is 16.3. The maximum absolute atomic E-state index is 13.9. The fourth-order valence-electron chi connectivity index (χ4n) is 4.97. The molecule has 36 heavy (non-hydrogen) atoms. The highest BCUT2D eigenvalue weighted by molar-refractivity contribution is 6.11. The Kier molecular flexibility index (Phi) is 4.92. The number of urea groups is 1. The maximum Gasteiger partial charge on any atom is 0.319 e. The summed E-state index contributed by atoms with van der Waals surface area (Å²) in [6.45, 7) is 0.574. The number of nitro groups is 1. The molecule has 3 aromatic rings. The van der Waals surface area contributed by atoms with Crippen molar-refractivity contribution in [3.8, 4) is 17.2 Å². The van der Waals surface area contributed by atoms with E-state index in [0.29, 0.717) is 22.8 Å². The predicted molar refractivity (Wildman–Crippen MR) is 128 cm³/mol. The molecular weight excluding hydrogens is 468 g/mol. The summed E-state index contributed by atoms with van der Waals surface area (Å²) < 4.78 is 16.9. The monoisotopic (exact) mass is 488 g/mol. The molecule has 6 rings (SSSR count). The van der Waals surface area contributed by atoms with Gasteiger partial charge in [-0.25, -0.2) is 4.79 Å². The van der Waals surface area contributed by atoms with Gasteiger partial charge in [-0.1, -0.05) is 30.3 Å². The summed E-state index contributed by atoms with van der Waals surface area (Å²) in [5, 5.41) is 16.3. The van der Waals surface area contributed by atoms with Crippen molar-refractivity contribution in [2.75, 3.05) is 36.7 Å². The summed E-state index contributed by atoms with van der Waals surface area (Å²) in [7, 11) is 0. The SMILES string of the molecule is O=C(NCCN1C(=O)C2(COc3cc4c(cc32)OCO4)c2ccccc21)Nc1ccccc1[N+](=O)[O-]. The van der Waals surface area contributed by atoms with Gasteiger partial charge in [-0.3, -0.25) is 14.9 Å². The average molecular weight is 488 g/mol. The number of hydrogen-bond acceptors (Lipinski definition) is 7. The molecule has 3 aliphatic heterocycles. The lowest BCUT2D eigenvalue weighted by atomic mass is 9.77. The molecule has 11 heteroatoms. The number of fused-ring (bicyclic) bond motifs is 5. The lowest BCUT2D eigenvalue weighted by molar-refractivity contribution is -0.383. The first-order valence-corrected chi connectivity index (χ1v) is 11.3. The summed E-state index contributed by atoms with van der Waals surface area (Å²) in [6.07, 6.45) is 0. The Morgan fingerprint density at radius 1 is 1.00 bits per heavy atom.